The van der Waals surface area contributed by atoms with Crippen LogP contribution in [-0.2, 0) is 0 Å². The molecular formula is C13H8F3N3O. The van der Waals surface area contributed by atoms with Gasteiger partial charge in [0, 0.05) is 5.69 Å². The average Bonchev–Trinajstić information content (AvgIpc) is 2.72. The average molecular weight is 279 g/mol. The molecule has 0 spiro atoms. The van der Waals surface area contributed by atoms with Gasteiger partial charge in [-0.1, -0.05) is 0 Å². The van der Waals surface area contributed by atoms with Gasteiger partial charge in [-0.25, -0.2) is 18.0 Å². The second-order valence-electron chi connectivity index (χ2n) is 4.24. The van der Waals surface area contributed by atoms with Crippen LogP contribution in [0.4, 0.5) is 18.9 Å². The predicted molar refractivity (Wildman–Crippen MR) is 68.2 cm³/mol. The van der Waals surface area contributed by atoms with E-state index in [9.17, 15) is 18.0 Å². The Morgan fingerprint density at radius 1 is 1.05 bits per heavy atom. The van der Waals surface area contributed by atoms with E-state index in [2.05, 4.69) is 4.98 Å². The standard InChI is InChI=1S/C13H8F3N3O/c14-7-2-4-9(12(16)11(7)15)19-10-5-6(17)1-3-8(10)18-13(19)20/h1-5H,17H2,(H,18,20). The molecule has 3 rings (SSSR count). The first kappa shape index (κ1) is 12.3. The summed E-state index contributed by atoms with van der Waals surface area (Å²) in [4.78, 5) is 14.4. The van der Waals surface area contributed by atoms with Gasteiger partial charge in [-0.05, 0) is 30.3 Å². The van der Waals surface area contributed by atoms with Gasteiger partial charge in [0.1, 0.15) is 0 Å². The second kappa shape index (κ2) is 4.16. The molecule has 3 aromatic rings. The molecule has 0 bridgehead atoms. The summed E-state index contributed by atoms with van der Waals surface area (Å²) in [5, 5.41) is 0. The number of nitrogens with two attached hydrogens (primary N) is 1. The maximum Gasteiger partial charge on any atom is 0.331 e. The number of nitrogens with one attached hydrogen (secondary N) is 1. The molecule has 0 aliphatic heterocycles. The van der Waals surface area contributed by atoms with Crippen molar-refractivity contribution in [3.8, 4) is 5.69 Å². The smallest absolute Gasteiger partial charge is 0.331 e. The molecule has 0 unspecified atom stereocenters. The van der Waals surface area contributed by atoms with Gasteiger partial charge in [-0.3, -0.25) is 4.57 Å². The number of nitrogen functional groups attached to an aromatic ring is 1. The third-order valence-electron chi connectivity index (χ3n) is 2.96. The Morgan fingerprint density at radius 3 is 2.55 bits per heavy atom. The summed E-state index contributed by atoms with van der Waals surface area (Å²) in [5.41, 5.74) is 5.60. The second-order valence-corrected chi connectivity index (χ2v) is 4.24. The number of hydrogen-bond donors (Lipinski definition) is 2. The van der Waals surface area contributed by atoms with Crippen LogP contribution in [0.3, 0.4) is 0 Å². The molecule has 0 fully saturated rings. The highest BCUT2D eigenvalue weighted by Crippen LogP contribution is 2.22. The minimum atomic E-state index is -1.63. The lowest BCUT2D eigenvalue weighted by Crippen LogP contribution is -2.16. The molecule has 0 aliphatic carbocycles. The van der Waals surface area contributed by atoms with Gasteiger partial charge in [0.15, 0.2) is 17.5 Å². The fraction of sp³-hybridized carbons (Fsp3) is 0. The molecule has 20 heavy (non-hydrogen) atoms. The topological polar surface area (TPSA) is 63.8 Å². The van der Waals surface area contributed by atoms with Crippen molar-refractivity contribution < 1.29 is 13.2 Å². The molecule has 0 saturated heterocycles. The molecular weight excluding hydrogens is 271 g/mol. The largest absolute Gasteiger partial charge is 0.399 e. The Kier molecular flexibility index (Phi) is 2.56. The van der Waals surface area contributed by atoms with Gasteiger partial charge in [-0.2, -0.15) is 0 Å². The monoisotopic (exact) mass is 279 g/mol. The van der Waals surface area contributed by atoms with Crippen LogP contribution in [0.5, 0.6) is 0 Å². The maximum absolute atomic E-state index is 13.8. The van der Waals surface area contributed by atoms with E-state index in [0.29, 0.717) is 11.2 Å². The lowest BCUT2D eigenvalue weighted by atomic mass is 10.2. The fourth-order valence-electron chi connectivity index (χ4n) is 2.05. The number of benzene rings is 2. The molecule has 1 heterocycles. The molecule has 0 radical (unpaired) electrons. The minimum Gasteiger partial charge on any atom is -0.399 e. The van der Waals surface area contributed by atoms with Gasteiger partial charge in [-0.15, -0.1) is 0 Å². The minimum absolute atomic E-state index is 0.278. The van der Waals surface area contributed by atoms with Crippen molar-refractivity contribution in [1.29, 1.82) is 0 Å². The quantitative estimate of drug-likeness (QED) is 0.530. The molecule has 1 aromatic heterocycles. The zero-order valence-electron chi connectivity index (χ0n) is 9.95. The summed E-state index contributed by atoms with van der Waals surface area (Å²) in [7, 11) is 0. The van der Waals surface area contributed by atoms with E-state index < -0.39 is 23.1 Å². The first-order valence-electron chi connectivity index (χ1n) is 5.63. The van der Waals surface area contributed by atoms with E-state index >= 15 is 0 Å². The number of anilines is 1. The predicted octanol–water partition coefficient (Wildman–Crippen LogP) is 2.32. The number of fused-ring (bicyclic) bond motifs is 1. The van der Waals surface area contributed by atoms with E-state index in [1.807, 2.05) is 0 Å². The summed E-state index contributed by atoms with van der Waals surface area (Å²) in [5.74, 6) is -4.39. The van der Waals surface area contributed by atoms with Gasteiger partial charge in [0.2, 0.25) is 0 Å². The normalized spacial score (nSPS) is 11.2. The van der Waals surface area contributed by atoms with Crippen LogP contribution in [-0.4, -0.2) is 9.55 Å². The third kappa shape index (κ3) is 1.67. The van der Waals surface area contributed by atoms with Gasteiger partial charge >= 0.3 is 5.69 Å². The molecule has 0 amide bonds. The van der Waals surface area contributed by atoms with Crippen LogP contribution in [0, 0.1) is 17.5 Å². The maximum atomic E-state index is 13.8. The molecule has 102 valence electrons. The van der Waals surface area contributed by atoms with E-state index in [1.165, 1.54) is 6.07 Å². The van der Waals surface area contributed by atoms with E-state index in [4.69, 9.17) is 5.73 Å². The van der Waals surface area contributed by atoms with Crippen LogP contribution in [0.25, 0.3) is 16.7 Å². The number of aromatic nitrogens is 2. The number of rotatable bonds is 1. The van der Waals surface area contributed by atoms with E-state index in [-0.39, 0.29) is 11.2 Å². The lowest BCUT2D eigenvalue weighted by Gasteiger charge is -2.06. The van der Waals surface area contributed by atoms with Crippen molar-refractivity contribution in [2.24, 2.45) is 0 Å². The zero-order valence-corrected chi connectivity index (χ0v) is 9.95. The van der Waals surface area contributed by atoms with Crippen molar-refractivity contribution in [3.05, 3.63) is 58.3 Å². The fourth-order valence-corrected chi connectivity index (χ4v) is 2.05. The number of hydrogen-bond acceptors (Lipinski definition) is 2. The zero-order chi connectivity index (χ0) is 14.4. The van der Waals surface area contributed by atoms with Crippen molar-refractivity contribution in [2.75, 3.05) is 5.73 Å². The van der Waals surface area contributed by atoms with E-state index in [0.717, 1.165) is 16.7 Å². The molecule has 7 heteroatoms. The summed E-state index contributed by atoms with van der Waals surface area (Å²) in [6, 6.07) is 6.29. The highest BCUT2D eigenvalue weighted by Gasteiger charge is 2.18. The summed E-state index contributed by atoms with van der Waals surface area (Å²) in [6.45, 7) is 0. The molecule has 2 aromatic carbocycles. The Morgan fingerprint density at radius 2 is 1.80 bits per heavy atom. The molecule has 0 aliphatic rings. The Balaban J connectivity index is 2.41. The lowest BCUT2D eigenvalue weighted by molar-refractivity contribution is 0.444. The molecule has 4 nitrogen and oxygen atoms in total. The molecule has 0 saturated carbocycles. The highest BCUT2D eigenvalue weighted by molar-refractivity contribution is 5.80. The van der Waals surface area contributed by atoms with Gasteiger partial charge < -0.3 is 10.7 Å². The van der Waals surface area contributed by atoms with E-state index in [1.54, 1.807) is 12.1 Å². The number of H-pyrrole nitrogens is 1. The molecule has 0 atom stereocenters. The summed E-state index contributed by atoms with van der Waals surface area (Å²) >= 11 is 0. The van der Waals surface area contributed by atoms with Crippen molar-refractivity contribution in [3.63, 3.8) is 0 Å². The van der Waals surface area contributed by atoms with Crippen molar-refractivity contribution >= 4 is 16.7 Å². The summed E-state index contributed by atoms with van der Waals surface area (Å²) in [6.07, 6.45) is 0. The van der Waals surface area contributed by atoms with Crippen molar-refractivity contribution in [1.82, 2.24) is 9.55 Å². The Hall–Kier alpha value is -2.70. The van der Waals surface area contributed by atoms with Gasteiger partial charge in [0.05, 0.1) is 16.7 Å². The number of nitrogens with zero attached hydrogens (tertiary/aromatic N) is 1. The number of imidazole rings is 1. The van der Waals surface area contributed by atoms with Crippen LogP contribution >= 0.6 is 0 Å². The highest BCUT2D eigenvalue weighted by atomic mass is 19.2. The Labute approximate surface area is 110 Å². The third-order valence-corrected chi connectivity index (χ3v) is 2.96. The number of aromatic amines is 1. The SMILES string of the molecule is Nc1ccc2[nH]c(=O)n(-c3ccc(F)c(F)c3F)c2c1. The molecule has 3 N–H and O–H groups in total. The van der Waals surface area contributed by atoms with Crippen LogP contribution in [0.1, 0.15) is 0 Å². The number of halogens is 3. The van der Waals surface area contributed by atoms with Crippen LogP contribution in [0.2, 0.25) is 0 Å². The Bertz CT molecular complexity index is 882. The van der Waals surface area contributed by atoms with Crippen LogP contribution in [0.15, 0.2) is 35.1 Å². The first-order chi connectivity index (χ1) is 9.49. The van der Waals surface area contributed by atoms with Crippen molar-refractivity contribution in [2.45, 2.75) is 0 Å². The first-order valence-corrected chi connectivity index (χ1v) is 5.63. The van der Waals surface area contributed by atoms with Crippen LogP contribution < -0.4 is 11.4 Å². The van der Waals surface area contributed by atoms with Gasteiger partial charge in [0.25, 0.3) is 0 Å². The summed E-state index contributed by atoms with van der Waals surface area (Å²) < 4.78 is 41.0.